The van der Waals surface area contributed by atoms with E-state index in [0.717, 1.165) is 6.54 Å². The summed E-state index contributed by atoms with van der Waals surface area (Å²) in [6.45, 7) is 2.23. The van der Waals surface area contributed by atoms with Gasteiger partial charge in [0.05, 0.1) is 0 Å². The van der Waals surface area contributed by atoms with Crippen molar-refractivity contribution >= 4 is 33.3 Å². The third-order valence-electron chi connectivity index (χ3n) is 2.18. The van der Waals surface area contributed by atoms with Crippen LogP contribution in [0.3, 0.4) is 0 Å². The molecule has 0 unspecified atom stereocenters. The fraction of sp³-hybridized carbons (Fsp3) is 0.400. The molecule has 0 aliphatic carbocycles. The highest BCUT2D eigenvalue weighted by atomic mass is 79.9. The molecule has 0 radical (unpaired) electrons. The molecule has 13 heavy (non-hydrogen) atoms. The zero-order valence-electron chi connectivity index (χ0n) is 7.35. The number of halogens is 1. The van der Waals surface area contributed by atoms with E-state index in [1.807, 2.05) is 0 Å². The van der Waals surface area contributed by atoms with Crippen LogP contribution in [-0.2, 0) is 0 Å². The monoisotopic (exact) mass is 257 g/mol. The number of rotatable bonds is 1. The van der Waals surface area contributed by atoms with Crippen molar-refractivity contribution in [1.82, 2.24) is 5.32 Å². The third kappa shape index (κ3) is 2.42. The number of nitrogens with one attached hydrogen (secondary N) is 1. The van der Waals surface area contributed by atoms with Gasteiger partial charge in [0, 0.05) is 15.9 Å². The second-order valence-corrected chi connectivity index (χ2v) is 5.02. The molecule has 70 valence electrons. The third-order valence-corrected chi connectivity index (χ3v) is 4.00. The highest BCUT2D eigenvalue weighted by Crippen LogP contribution is 2.26. The number of hydrogen-bond acceptors (Lipinski definition) is 2. The lowest BCUT2D eigenvalue weighted by Crippen LogP contribution is -2.23. The smallest absolute Gasteiger partial charge is 0.0412 e. The maximum atomic E-state index is 3.54. The lowest BCUT2D eigenvalue weighted by Gasteiger charge is -2.14. The van der Waals surface area contributed by atoms with Gasteiger partial charge < -0.3 is 5.32 Å². The average Bonchev–Trinajstić information content (AvgIpc) is 2.54. The van der Waals surface area contributed by atoms with Crippen molar-refractivity contribution in [2.24, 2.45) is 0 Å². The van der Waals surface area contributed by atoms with Gasteiger partial charge in [0.25, 0.3) is 0 Å². The van der Waals surface area contributed by atoms with Crippen molar-refractivity contribution in [2.75, 3.05) is 13.1 Å². The highest BCUT2D eigenvalue weighted by molar-refractivity contribution is 9.10. The number of piperidine rings is 1. The van der Waals surface area contributed by atoms with Crippen LogP contribution >= 0.6 is 27.3 Å². The summed E-state index contributed by atoms with van der Waals surface area (Å²) in [7, 11) is 0. The summed E-state index contributed by atoms with van der Waals surface area (Å²) in [6.07, 6.45) is 4.83. The fourth-order valence-electron chi connectivity index (χ4n) is 1.49. The van der Waals surface area contributed by atoms with Crippen molar-refractivity contribution in [3.63, 3.8) is 0 Å². The van der Waals surface area contributed by atoms with Crippen molar-refractivity contribution in [3.05, 3.63) is 26.4 Å². The normalized spacial score (nSPS) is 20.8. The van der Waals surface area contributed by atoms with Gasteiger partial charge in [0.15, 0.2) is 0 Å². The summed E-state index contributed by atoms with van der Waals surface area (Å²) in [5.41, 5.74) is 1.52. The average molecular weight is 258 g/mol. The lowest BCUT2D eigenvalue weighted by molar-refractivity contribution is 0.613. The quantitative estimate of drug-likeness (QED) is 0.815. The molecule has 3 heteroatoms. The highest BCUT2D eigenvalue weighted by Gasteiger charge is 2.05. The molecule has 0 spiro atoms. The Balaban J connectivity index is 2.14. The van der Waals surface area contributed by atoms with E-state index >= 15 is 0 Å². The standard InChI is InChI=1S/C10H12BrNS/c11-9-3-5-13-10(9)6-8-2-1-4-12-7-8/h3,5-6,12H,1-2,4,7H2. The van der Waals surface area contributed by atoms with E-state index in [-0.39, 0.29) is 0 Å². The Labute approximate surface area is 91.0 Å². The predicted molar refractivity (Wildman–Crippen MR) is 62.1 cm³/mol. The van der Waals surface area contributed by atoms with Gasteiger partial charge in [0.2, 0.25) is 0 Å². The molecule has 1 fully saturated rings. The van der Waals surface area contributed by atoms with E-state index in [1.165, 1.54) is 34.3 Å². The van der Waals surface area contributed by atoms with Gasteiger partial charge in [-0.25, -0.2) is 0 Å². The van der Waals surface area contributed by atoms with Gasteiger partial charge in [-0.1, -0.05) is 5.57 Å². The maximum absolute atomic E-state index is 3.54. The van der Waals surface area contributed by atoms with E-state index < -0.39 is 0 Å². The van der Waals surface area contributed by atoms with Crippen LogP contribution in [0.5, 0.6) is 0 Å². The van der Waals surface area contributed by atoms with Gasteiger partial charge in [-0.2, -0.15) is 0 Å². The van der Waals surface area contributed by atoms with E-state index in [4.69, 9.17) is 0 Å². The second-order valence-electron chi connectivity index (χ2n) is 3.22. The van der Waals surface area contributed by atoms with Gasteiger partial charge in [-0.3, -0.25) is 0 Å². The predicted octanol–water partition coefficient (Wildman–Crippen LogP) is 3.28. The maximum Gasteiger partial charge on any atom is 0.0412 e. The molecule has 0 amide bonds. The molecule has 1 aliphatic heterocycles. The number of hydrogen-bond donors (Lipinski definition) is 1. The van der Waals surface area contributed by atoms with Crippen molar-refractivity contribution < 1.29 is 0 Å². The molecule has 2 heterocycles. The molecule has 1 aliphatic rings. The van der Waals surface area contributed by atoms with Gasteiger partial charge >= 0.3 is 0 Å². The fourth-order valence-corrected chi connectivity index (χ4v) is 2.96. The molecule has 1 N–H and O–H groups in total. The molecular formula is C10H12BrNS. The summed E-state index contributed by atoms with van der Waals surface area (Å²) in [5.74, 6) is 0. The Hall–Kier alpha value is -0.120. The molecule has 0 bridgehead atoms. The largest absolute Gasteiger partial charge is 0.313 e. The van der Waals surface area contributed by atoms with Crippen molar-refractivity contribution in [1.29, 1.82) is 0 Å². The van der Waals surface area contributed by atoms with E-state index in [1.54, 1.807) is 11.3 Å². The molecule has 1 aromatic heterocycles. The van der Waals surface area contributed by atoms with Crippen LogP contribution in [0.4, 0.5) is 0 Å². The topological polar surface area (TPSA) is 12.0 Å². The van der Waals surface area contributed by atoms with Gasteiger partial charge in [0.1, 0.15) is 0 Å². The molecular weight excluding hydrogens is 246 g/mol. The second kappa shape index (κ2) is 4.40. The molecule has 0 saturated carbocycles. The molecule has 1 aromatic rings. The summed E-state index contributed by atoms with van der Waals surface area (Å²) in [6, 6.07) is 2.10. The summed E-state index contributed by atoms with van der Waals surface area (Å²) < 4.78 is 1.22. The van der Waals surface area contributed by atoms with E-state index in [9.17, 15) is 0 Å². The minimum Gasteiger partial charge on any atom is -0.313 e. The lowest BCUT2D eigenvalue weighted by atomic mass is 10.1. The van der Waals surface area contributed by atoms with Crippen molar-refractivity contribution in [3.8, 4) is 0 Å². The molecule has 1 nitrogen and oxygen atoms in total. The molecule has 0 atom stereocenters. The SMILES string of the molecule is Brc1ccsc1C=C1CCCNC1. The Bertz CT molecular complexity index is 308. The Morgan fingerprint density at radius 2 is 2.46 bits per heavy atom. The first-order valence-corrected chi connectivity index (χ1v) is 6.17. The van der Waals surface area contributed by atoms with Crippen LogP contribution in [0.1, 0.15) is 17.7 Å². The van der Waals surface area contributed by atoms with Crippen LogP contribution in [0.25, 0.3) is 6.08 Å². The first kappa shape index (κ1) is 9.44. The van der Waals surface area contributed by atoms with Crippen LogP contribution in [-0.4, -0.2) is 13.1 Å². The van der Waals surface area contributed by atoms with E-state index in [0.29, 0.717) is 0 Å². The molecule has 0 aromatic carbocycles. The van der Waals surface area contributed by atoms with Crippen LogP contribution in [0.15, 0.2) is 21.5 Å². The first-order chi connectivity index (χ1) is 6.36. The summed E-state index contributed by atoms with van der Waals surface area (Å²) >= 11 is 5.33. The number of thiophene rings is 1. The summed E-state index contributed by atoms with van der Waals surface area (Å²) in [5, 5.41) is 5.51. The Morgan fingerprint density at radius 3 is 3.08 bits per heavy atom. The first-order valence-electron chi connectivity index (χ1n) is 4.49. The minimum absolute atomic E-state index is 1.06. The van der Waals surface area contributed by atoms with E-state index in [2.05, 4.69) is 38.8 Å². The zero-order valence-corrected chi connectivity index (χ0v) is 9.75. The Morgan fingerprint density at radius 1 is 1.54 bits per heavy atom. The Kier molecular flexibility index (Phi) is 3.19. The molecule has 2 rings (SSSR count). The minimum atomic E-state index is 1.06. The van der Waals surface area contributed by atoms with Gasteiger partial charge in [-0.15, -0.1) is 11.3 Å². The van der Waals surface area contributed by atoms with Crippen LogP contribution < -0.4 is 5.32 Å². The van der Waals surface area contributed by atoms with Crippen molar-refractivity contribution in [2.45, 2.75) is 12.8 Å². The van der Waals surface area contributed by atoms with Gasteiger partial charge in [-0.05, 0) is 52.8 Å². The van der Waals surface area contributed by atoms with Crippen LogP contribution in [0.2, 0.25) is 0 Å². The summed E-state index contributed by atoms with van der Waals surface area (Å²) in [4.78, 5) is 1.35. The zero-order chi connectivity index (χ0) is 9.10. The van der Waals surface area contributed by atoms with Crippen LogP contribution in [0, 0.1) is 0 Å². The molecule has 1 saturated heterocycles.